The first-order chi connectivity index (χ1) is 13.1. The number of imidazole rings is 1. The number of nitrogens with zero attached hydrogens (tertiary/aromatic N) is 4. The van der Waals surface area contributed by atoms with Crippen LogP contribution in [0, 0.1) is 0 Å². The maximum atomic E-state index is 12.8. The van der Waals surface area contributed by atoms with Gasteiger partial charge in [-0.05, 0) is 37.0 Å². The molecule has 1 aromatic carbocycles. The predicted molar refractivity (Wildman–Crippen MR) is 104 cm³/mol. The number of aromatic nitrogens is 4. The molecular formula is C21H25N5O. The molecule has 3 aromatic rings. The topological polar surface area (TPSA) is 66.8 Å². The first-order valence-electron chi connectivity index (χ1n) is 9.49. The number of hydrogen-bond acceptors (Lipinski definition) is 3. The lowest BCUT2D eigenvalue weighted by Crippen LogP contribution is -2.28. The first-order valence-corrected chi connectivity index (χ1v) is 9.49. The van der Waals surface area contributed by atoms with E-state index in [1.54, 1.807) is 4.90 Å². The van der Waals surface area contributed by atoms with Crippen molar-refractivity contribution < 1.29 is 4.79 Å². The molecule has 2 aromatic heterocycles. The summed E-state index contributed by atoms with van der Waals surface area (Å²) < 4.78 is 2.02. The molecule has 0 bridgehead atoms. The van der Waals surface area contributed by atoms with Crippen LogP contribution in [0.1, 0.15) is 47.1 Å². The smallest absolute Gasteiger partial charge is 0.253 e. The number of amides is 1. The lowest BCUT2D eigenvalue weighted by molar-refractivity contribution is 0.0793. The largest absolute Gasteiger partial charge is 0.342 e. The molecule has 1 N–H and O–H groups in total. The van der Waals surface area contributed by atoms with Gasteiger partial charge in [0, 0.05) is 62.2 Å². The number of H-pyrrole nitrogens is 1. The van der Waals surface area contributed by atoms with E-state index in [9.17, 15) is 4.79 Å². The van der Waals surface area contributed by atoms with Gasteiger partial charge in [-0.25, -0.2) is 4.98 Å². The molecule has 4 rings (SSSR count). The molecule has 1 fully saturated rings. The van der Waals surface area contributed by atoms with Gasteiger partial charge in [0.25, 0.3) is 5.91 Å². The molecule has 1 saturated carbocycles. The van der Waals surface area contributed by atoms with Crippen molar-refractivity contribution in [2.24, 2.45) is 7.05 Å². The van der Waals surface area contributed by atoms with Crippen LogP contribution in [0.3, 0.4) is 0 Å². The summed E-state index contributed by atoms with van der Waals surface area (Å²) in [5.74, 6) is 1.69. The van der Waals surface area contributed by atoms with Gasteiger partial charge in [-0.3, -0.25) is 9.89 Å². The molecule has 6 nitrogen and oxygen atoms in total. The second-order valence-corrected chi connectivity index (χ2v) is 7.34. The van der Waals surface area contributed by atoms with Crippen molar-refractivity contribution in [3.8, 4) is 11.1 Å². The van der Waals surface area contributed by atoms with Gasteiger partial charge in [-0.1, -0.05) is 12.1 Å². The molecule has 6 heteroatoms. The minimum absolute atomic E-state index is 0.0492. The van der Waals surface area contributed by atoms with Gasteiger partial charge in [0.05, 0.1) is 6.20 Å². The molecule has 1 amide bonds. The van der Waals surface area contributed by atoms with Crippen molar-refractivity contribution in [1.29, 1.82) is 0 Å². The quantitative estimate of drug-likeness (QED) is 0.700. The highest BCUT2D eigenvalue weighted by atomic mass is 16.2. The third-order valence-corrected chi connectivity index (χ3v) is 5.24. The summed E-state index contributed by atoms with van der Waals surface area (Å²) >= 11 is 0. The van der Waals surface area contributed by atoms with Crippen LogP contribution in [0.15, 0.2) is 42.9 Å². The van der Waals surface area contributed by atoms with Gasteiger partial charge in [0.2, 0.25) is 0 Å². The maximum absolute atomic E-state index is 12.8. The van der Waals surface area contributed by atoms with Crippen molar-refractivity contribution >= 4 is 5.91 Å². The highest BCUT2D eigenvalue weighted by Crippen LogP contribution is 2.43. The zero-order chi connectivity index (χ0) is 18.8. The fraction of sp³-hybridized carbons (Fsp3) is 0.381. The number of rotatable bonds is 7. The van der Waals surface area contributed by atoms with Crippen LogP contribution in [0.5, 0.6) is 0 Å². The number of aromatic amines is 1. The van der Waals surface area contributed by atoms with E-state index >= 15 is 0 Å². The molecule has 1 aliphatic carbocycles. The molecule has 0 unspecified atom stereocenters. The summed E-state index contributed by atoms with van der Waals surface area (Å²) in [4.78, 5) is 19.0. The van der Waals surface area contributed by atoms with Gasteiger partial charge >= 0.3 is 0 Å². The number of hydrogen-bond donors (Lipinski definition) is 1. The van der Waals surface area contributed by atoms with E-state index in [1.807, 2.05) is 55.5 Å². The molecule has 140 valence electrons. The van der Waals surface area contributed by atoms with E-state index in [4.69, 9.17) is 0 Å². The average Bonchev–Trinajstić information content (AvgIpc) is 3.27. The number of carbonyl (C=O) groups is 1. The second kappa shape index (κ2) is 7.39. The normalized spacial score (nSPS) is 13.7. The number of benzene rings is 1. The molecule has 27 heavy (non-hydrogen) atoms. The lowest BCUT2D eigenvalue weighted by Gasteiger charge is -2.17. The molecule has 0 spiro atoms. The fourth-order valence-corrected chi connectivity index (χ4v) is 3.46. The predicted octanol–water partition coefficient (Wildman–Crippen LogP) is 3.39. The number of carbonyl (C=O) groups excluding carboxylic acids is 1. The summed E-state index contributed by atoms with van der Waals surface area (Å²) in [5.41, 5.74) is 4.08. The van der Waals surface area contributed by atoms with E-state index in [0.717, 1.165) is 35.4 Å². The highest BCUT2D eigenvalue weighted by Gasteiger charge is 2.28. The van der Waals surface area contributed by atoms with E-state index in [-0.39, 0.29) is 5.91 Å². The highest BCUT2D eigenvalue weighted by molar-refractivity contribution is 5.95. The minimum Gasteiger partial charge on any atom is -0.342 e. The Bertz CT molecular complexity index is 937. The van der Waals surface area contributed by atoms with Crippen molar-refractivity contribution in [2.45, 2.75) is 31.6 Å². The summed E-state index contributed by atoms with van der Waals surface area (Å²) in [5, 5.41) is 7.34. The standard InChI is InChI=1S/C21H25N5O/c1-25-12-10-22-19(25)7-4-11-26(2)21(27)17-6-3-5-16(13-17)18-14-23-24-20(18)15-8-9-15/h3,5-6,10,12-15H,4,7-9,11H2,1-2H3,(H,23,24). The molecule has 0 aliphatic heterocycles. The molecular weight excluding hydrogens is 338 g/mol. The van der Waals surface area contributed by atoms with Crippen molar-refractivity contribution in [3.63, 3.8) is 0 Å². The Morgan fingerprint density at radius 3 is 2.96 bits per heavy atom. The minimum atomic E-state index is 0.0492. The third-order valence-electron chi connectivity index (χ3n) is 5.24. The van der Waals surface area contributed by atoms with E-state index in [0.29, 0.717) is 12.5 Å². The van der Waals surface area contributed by atoms with Crippen LogP contribution in [0.25, 0.3) is 11.1 Å². The van der Waals surface area contributed by atoms with E-state index in [1.165, 1.54) is 18.5 Å². The fourth-order valence-electron chi connectivity index (χ4n) is 3.46. The summed E-state index contributed by atoms with van der Waals surface area (Å²) in [6.07, 6.45) is 9.80. The van der Waals surface area contributed by atoms with Gasteiger partial charge in [-0.15, -0.1) is 0 Å². The van der Waals surface area contributed by atoms with Crippen LogP contribution < -0.4 is 0 Å². The first kappa shape index (κ1) is 17.5. The Hall–Kier alpha value is -2.89. The second-order valence-electron chi connectivity index (χ2n) is 7.34. The Morgan fingerprint density at radius 2 is 2.22 bits per heavy atom. The van der Waals surface area contributed by atoms with Crippen LogP contribution >= 0.6 is 0 Å². The van der Waals surface area contributed by atoms with Gasteiger partial charge in [-0.2, -0.15) is 5.10 Å². The molecule has 2 heterocycles. The van der Waals surface area contributed by atoms with Crippen LogP contribution in [0.2, 0.25) is 0 Å². The summed E-state index contributed by atoms with van der Waals surface area (Å²) in [6.45, 7) is 0.703. The van der Waals surface area contributed by atoms with Gasteiger partial charge in [0.15, 0.2) is 0 Å². The van der Waals surface area contributed by atoms with Gasteiger partial charge in [0.1, 0.15) is 5.82 Å². The van der Waals surface area contributed by atoms with Crippen LogP contribution in [-0.4, -0.2) is 44.1 Å². The molecule has 0 atom stereocenters. The molecule has 0 saturated heterocycles. The van der Waals surface area contributed by atoms with E-state index in [2.05, 4.69) is 21.2 Å². The van der Waals surface area contributed by atoms with Crippen LogP contribution in [-0.2, 0) is 13.5 Å². The summed E-state index contributed by atoms with van der Waals surface area (Å²) in [7, 11) is 3.86. The Labute approximate surface area is 159 Å². The monoisotopic (exact) mass is 363 g/mol. The summed E-state index contributed by atoms with van der Waals surface area (Å²) in [6, 6.07) is 7.87. The lowest BCUT2D eigenvalue weighted by atomic mass is 10.0. The Balaban J connectivity index is 1.42. The Morgan fingerprint density at radius 1 is 1.37 bits per heavy atom. The van der Waals surface area contributed by atoms with Crippen molar-refractivity contribution in [2.75, 3.05) is 13.6 Å². The third kappa shape index (κ3) is 3.79. The van der Waals surface area contributed by atoms with Gasteiger partial charge < -0.3 is 9.47 Å². The number of nitrogens with one attached hydrogen (secondary N) is 1. The van der Waals surface area contributed by atoms with Crippen molar-refractivity contribution in [1.82, 2.24) is 24.6 Å². The molecule has 1 aliphatic rings. The zero-order valence-electron chi connectivity index (χ0n) is 15.9. The zero-order valence-corrected chi connectivity index (χ0v) is 15.9. The maximum Gasteiger partial charge on any atom is 0.253 e. The van der Waals surface area contributed by atoms with Crippen molar-refractivity contribution in [3.05, 3.63) is 59.9 Å². The molecule has 0 radical (unpaired) electrons. The SMILES string of the molecule is CN(CCCc1nccn1C)C(=O)c1cccc(-c2cn[nH]c2C2CC2)c1. The van der Waals surface area contributed by atoms with Crippen LogP contribution in [0.4, 0.5) is 0 Å². The Kier molecular flexibility index (Phi) is 4.79. The average molecular weight is 363 g/mol. The van der Waals surface area contributed by atoms with E-state index < -0.39 is 0 Å². The number of aryl methyl sites for hydroxylation is 2.